The minimum absolute atomic E-state index is 0.191. The van der Waals surface area contributed by atoms with Crippen molar-refractivity contribution >= 4 is 153 Å². The van der Waals surface area contributed by atoms with Crippen LogP contribution in [0.25, 0.3) is 170 Å². The van der Waals surface area contributed by atoms with Crippen molar-refractivity contribution in [2.75, 3.05) is 0 Å². The van der Waals surface area contributed by atoms with E-state index in [0.29, 0.717) is 0 Å². The molecule has 5 atom stereocenters. The predicted octanol–water partition coefficient (Wildman–Crippen LogP) is 31.2. The minimum atomic E-state index is -2.97. The van der Waals surface area contributed by atoms with E-state index in [0.717, 1.165) is 12.1 Å². The summed E-state index contributed by atoms with van der Waals surface area (Å²) in [6.07, 6.45) is 0. The molecule has 23 aromatic carbocycles. The van der Waals surface area contributed by atoms with Gasteiger partial charge in [0.25, 0.3) is 0 Å². The fraction of sp³-hybridized carbons (Fsp3) is 0.0833. The zero-order valence-electron chi connectivity index (χ0n) is 84.4. The first-order valence-corrected chi connectivity index (χ1v) is 62.0. The van der Waals surface area contributed by atoms with E-state index in [2.05, 4.69) is 533 Å². The van der Waals surface area contributed by atoms with Gasteiger partial charge in [-0.15, -0.1) is 0 Å². The van der Waals surface area contributed by atoms with Gasteiger partial charge >= 0.3 is 0 Å². The normalized spacial score (nSPS) is 18.9. The molecular weight excluding hydrogens is 1860 g/mol. The van der Waals surface area contributed by atoms with Crippen molar-refractivity contribution in [3.05, 3.63) is 568 Å². The molecule has 0 saturated carbocycles. The second-order valence-corrected chi connectivity index (χ2v) is 57.9. The van der Waals surface area contributed by atoms with Crippen LogP contribution in [-0.4, -0.2) is 37.9 Å². The summed E-state index contributed by atoms with van der Waals surface area (Å²) in [5.74, 6) is 0. The van der Waals surface area contributed by atoms with E-state index in [-0.39, 0.29) is 5.41 Å². The third-order valence-corrected chi connectivity index (χ3v) is 50.0. The molecule has 0 saturated heterocycles. The van der Waals surface area contributed by atoms with Crippen LogP contribution in [0, 0.1) is 0 Å². The number of para-hydroxylation sites is 7. The van der Waals surface area contributed by atoms with Gasteiger partial charge in [-0.3, -0.25) is 0 Å². The molecule has 3 spiro atoms. The highest BCUT2D eigenvalue weighted by atomic mass is 28.3. The number of fused-ring (bicyclic) bond motifs is 40. The smallest absolute Gasteiger partial charge is 0.120 e. The average molecular weight is 1960 g/mol. The Bertz CT molecular complexity index is 10600. The van der Waals surface area contributed by atoms with Gasteiger partial charge < -0.3 is 13.7 Å². The van der Waals surface area contributed by atoms with Crippen molar-refractivity contribution in [2.45, 2.75) is 73.8 Å². The molecule has 6 aliphatic heterocycles. The van der Waals surface area contributed by atoms with E-state index >= 15 is 0 Å². The topological polar surface area (TPSA) is 14.8 Å². The molecule has 6 heteroatoms. The maximum atomic E-state index is 2.74. The van der Waals surface area contributed by atoms with Gasteiger partial charge in [0.15, 0.2) is 0 Å². The summed E-state index contributed by atoms with van der Waals surface area (Å²) in [5.41, 5.74) is 43.4. The van der Waals surface area contributed by atoms with Crippen LogP contribution in [0.15, 0.2) is 479 Å². The quantitative estimate of drug-likeness (QED) is 0.106. The van der Waals surface area contributed by atoms with Crippen molar-refractivity contribution in [3.8, 4) is 72.7 Å². The Balaban J connectivity index is 0.563. The lowest BCUT2D eigenvalue weighted by molar-refractivity contribution is 0.660. The van der Waals surface area contributed by atoms with Gasteiger partial charge in [-0.25, -0.2) is 0 Å². The van der Waals surface area contributed by atoms with Crippen LogP contribution in [-0.2, 0) is 33.7 Å². The summed E-state index contributed by atoms with van der Waals surface area (Å²) in [6.45, 7) is 15.5. The maximum absolute atomic E-state index is 2.97. The summed E-state index contributed by atoms with van der Waals surface area (Å²) < 4.78 is 7.96. The van der Waals surface area contributed by atoms with Crippen molar-refractivity contribution in [3.63, 3.8) is 0 Å². The molecule has 0 radical (unpaired) electrons. The first kappa shape index (κ1) is 85.0. The van der Waals surface area contributed by atoms with E-state index in [4.69, 9.17) is 0 Å². The zero-order chi connectivity index (χ0) is 99.1. The Labute approximate surface area is 874 Å². The predicted molar refractivity (Wildman–Crippen MR) is 636 cm³/mol. The van der Waals surface area contributed by atoms with Gasteiger partial charge in [0.05, 0.1) is 66.4 Å². The van der Waals surface area contributed by atoms with Crippen LogP contribution in [0.2, 0.25) is 26.2 Å². The third kappa shape index (κ3) is 10.7. The minimum Gasteiger partial charge on any atom is -0.309 e. The van der Waals surface area contributed by atoms with Crippen LogP contribution in [0.5, 0.6) is 0 Å². The molecule has 0 fully saturated rings. The van der Waals surface area contributed by atoms with Crippen LogP contribution in [0.3, 0.4) is 0 Å². The molecule has 150 heavy (non-hydrogen) atoms. The maximum Gasteiger partial charge on any atom is 0.120 e. The van der Waals surface area contributed by atoms with Crippen molar-refractivity contribution in [1.29, 1.82) is 0 Å². The first-order valence-electron chi connectivity index (χ1n) is 53.6. The SMILES string of the molecule is CC1(C)c2ccccc2-c2ccc(-c3ccc4c(c3)C3(c5ccccc5-n5c6ccc(C[Si]7(C)c8ccccc8C8(c9ccccc9-n9c%10ccccc%10c%10cccc8c%109)c8cc(-c9cc%10ccccc%10c%10ccccc9%10)ccc87)cc6c6cccc3c65)c3ccccc3[Si]4(C)Cc3ccc4c(c3)c3cccc5c3n4-c3ccccc3C53c4ccccc4[Si](C)(C)c4ccc(-c5ccc(-c6cccc7ccccc67)cc5)cc43)cc21. The Kier molecular flexibility index (Phi) is 17.1. The van der Waals surface area contributed by atoms with Gasteiger partial charge in [-0.1, -0.05) is 440 Å². The Hall–Kier alpha value is -17.1. The number of nitrogens with zero attached hydrogens (tertiary/aromatic N) is 3. The molecule has 0 bridgehead atoms. The lowest BCUT2D eigenvalue weighted by Gasteiger charge is -2.50. The molecular formula is C144H101N3Si3. The second-order valence-electron chi connectivity index (χ2n) is 45.4. The zero-order valence-corrected chi connectivity index (χ0v) is 87.4. The van der Waals surface area contributed by atoms with Crippen molar-refractivity contribution in [2.24, 2.45) is 0 Å². The fourth-order valence-electron chi connectivity index (χ4n) is 31.4. The van der Waals surface area contributed by atoms with E-state index in [1.54, 1.807) is 0 Å². The lowest BCUT2D eigenvalue weighted by atomic mass is 9.62. The lowest BCUT2D eigenvalue weighted by Crippen LogP contribution is -2.67. The van der Waals surface area contributed by atoms with Crippen LogP contribution >= 0.6 is 0 Å². The molecule has 9 heterocycles. The molecule has 3 aromatic heterocycles. The fourth-order valence-corrected chi connectivity index (χ4v) is 43.2. The summed E-state index contributed by atoms with van der Waals surface area (Å²) in [4.78, 5) is 0. The number of hydrogen-bond donors (Lipinski definition) is 0. The highest BCUT2D eigenvalue weighted by Crippen LogP contribution is 2.62. The summed E-state index contributed by atoms with van der Waals surface area (Å²) in [7, 11) is -8.22. The number of hydrogen-bond acceptors (Lipinski definition) is 0. The van der Waals surface area contributed by atoms with E-state index in [9.17, 15) is 0 Å². The van der Waals surface area contributed by atoms with Gasteiger partial charge in [-0.2, -0.15) is 0 Å². The van der Waals surface area contributed by atoms with Crippen molar-refractivity contribution in [1.82, 2.24) is 13.7 Å². The first-order chi connectivity index (χ1) is 73.6. The highest BCUT2D eigenvalue weighted by Gasteiger charge is 2.59. The highest BCUT2D eigenvalue weighted by molar-refractivity contribution is 7.03. The van der Waals surface area contributed by atoms with Gasteiger partial charge in [0, 0.05) is 37.7 Å². The number of aromatic nitrogens is 3. The van der Waals surface area contributed by atoms with Gasteiger partial charge in [0.1, 0.15) is 24.2 Å². The molecule has 704 valence electrons. The summed E-state index contributed by atoms with van der Waals surface area (Å²) >= 11 is 0. The molecule has 3 nitrogen and oxygen atoms in total. The molecule has 5 unspecified atom stereocenters. The summed E-state index contributed by atoms with van der Waals surface area (Å²) in [5, 5.41) is 24.3. The Morgan fingerprint density at radius 2 is 0.527 bits per heavy atom. The monoisotopic (exact) mass is 1960 g/mol. The van der Waals surface area contributed by atoms with E-state index in [1.807, 2.05) is 0 Å². The molecule has 1 aliphatic carbocycles. The Morgan fingerprint density at radius 1 is 0.187 bits per heavy atom. The van der Waals surface area contributed by atoms with Crippen molar-refractivity contribution < 1.29 is 0 Å². The van der Waals surface area contributed by atoms with Gasteiger partial charge in [0.2, 0.25) is 0 Å². The van der Waals surface area contributed by atoms with E-state index < -0.39 is 40.5 Å². The average Bonchev–Trinajstić information content (AvgIpc) is 1.30. The van der Waals surface area contributed by atoms with E-state index in [1.165, 1.54) is 291 Å². The van der Waals surface area contributed by atoms with Crippen LogP contribution < -0.4 is 31.1 Å². The number of benzene rings is 23. The summed E-state index contributed by atoms with van der Waals surface area (Å²) in [6, 6.07) is 191. The van der Waals surface area contributed by atoms with Crippen LogP contribution in [0.1, 0.15) is 103 Å². The largest absolute Gasteiger partial charge is 0.309 e. The third-order valence-electron chi connectivity index (χ3n) is 37.7. The van der Waals surface area contributed by atoms with Gasteiger partial charge in [-0.05, 0) is 299 Å². The molecule has 0 amide bonds. The molecule has 26 aromatic rings. The Morgan fingerprint density at radius 3 is 1.09 bits per heavy atom. The molecule has 0 N–H and O–H groups in total. The molecule has 33 rings (SSSR count). The standard InChI is InChI=1S/C144H101N3Si3/c1-141(2)112-46-15-13-40-103(112)104-73-69-94(82-122(104)141)95-71-77-136-124(84-95)143(117-51-20-27-61-134(117)149(136,5)86-88-63-74-127-110(79-88)107-44-31-54-120-139(107)146(127)130-58-24-16-47-113(130)142(120)116-50-19-26-60-132(116)148(3,4)133-76-70-93(83-123(133)142)90-65-67-92(68-66-90)99-42-29-35-91-33-7-9-36-98(91)99)115-49-18-25-59-131(115)147-128-75-64-89(80-111(128)108-45-32-55-121(143)140(108)147)87-150(6)135-62-28-21-52-118(135)144(114-48-17-23-57-129(114)145-126-56-22-14-41-105(126)106-43-30-53-119(144)138(106)145)125-85-97(72-78-137(125)150)109-81-96-34-8-10-37-100(96)101-38-11-12-39-102(101)109/h7-85H,86-87H2,1-6H3. The second kappa shape index (κ2) is 30.1. The molecule has 7 aliphatic rings. The number of rotatable bonds is 8. The van der Waals surface area contributed by atoms with Crippen LogP contribution in [0.4, 0.5) is 0 Å².